The molecule has 2 heterocycles. The Morgan fingerprint density at radius 2 is 2.24 bits per heavy atom. The standard InChI is InChI=1S/C14H23N3/c1-3-13-7-5-6-8-17(13)14-9-12(16-4-2)10-15-11-14/h9-11,13,16H,3-8H2,1-2H3. The van der Waals surface area contributed by atoms with Gasteiger partial charge in [-0.1, -0.05) is 6.92 Å². The van der Waals surface area contributed by atoms with Gasteiger partial charge in [-0.15, -0.1) is 0 Å². The van der Waals surface area contributed by atoms with Gasteiger partial charge >= 0.3 is 0 Å². The second kappa shape index (κ2) is 5.89. The van der Waals surface area contributed by atoms with Crippen LogP contribution in [0, 0.1) is 0 Å². The first-order valence-electron chi connectivity index (χ1n) is 6.80. The van der Waals surface area contributed by atoms with Crippen LogP contribution in [0.5, 0.6) is 0 Å². The lowest BCUT2D eigenvalue weighted by atomic mass is 9.99. The normalized spacial score (nSPS) is 20.4. The zero-order valence-corrected chi connectivity index (χ0v) is 10.9. The Morgan fingerprint density at radius 3 is 3.00 bits per heavy atom. The summed E-state index contributed by atoms with van der Waals surface area (Å²) in [5.74, 6) is 0. The Hall–Kier alpha value is -1.25. The van der Waals surface area contributed by atoms with E-state index < -0.39 is 0 Å². The number of anilines is 2. The van der Waals surface area contributed by atoms with E-state index in [0.717, 1.165) is 12.2 Å². The predicted octanol–water partition coefficient (Wildman–Crippen LogP) is 3.28. The molecule has 1 N–H and O–H groups in total. The minimum absolute atomic E-state index is 0.697. The molecule has 1 aromatic rings. The highest BCUT2D eigenvalue weighted by Crippen LogP contribution is 2.27. The lowest BCUT2D eigenvalue weighted by molar-refractivity contribution is 0.449. The van der Waals surface area contributed by atoms with Gasteiger partial charge in [0, 0.05) is 19.1 Å². The molecule has 1 atom stereocenters. The lowest BCUT2D eigenvalue weighted by Gasteiger charge is -2.37. The van der Waals surface area contributed by atoms with Gasteiger partial charge in [0.05, 0.1) is 23.8 Å². The van der Waals surface area contributed by atoms with Gasteiger partial charge in [-0.25, -0.2) is 0 Å². The number of piperidine rings is 1. The molecule has 3 heteroatoms. The maximum Gasteiger partial charge on any atom is 0.0575 e. The largest absolute Gasteiger partial charge is 0.384 e. The van der Waals surface area contributed by atoms with E-state index in [0.29, 0.717) is 6.04 Å². The summed E-state index contributed by atoms with van der Waals surface area (Å²) in [5, 5.41) is 3.33. The van der Waals surface area contributed by atoms with Crippen LogP contribution in [0.4, 0.5) is 11.4 Å². The van der Waals surface area contributed by atoms with Crippen molar-refractivity contribution in [2.75, 3.05) is 23.3 Å². The maximum absolute atomic E-state index is 4.34. The van der Waals surface area contributed by atoms with Crippen molar-refractivity contribution in [2.24, 2.45) is 0 Å². The molecule has 0 bridgehead atoms. The molecule has 1 unspecified atom stereocenters. The molecule has 2 rings (SSSR count). The first kappa shape index (κ1) is 12.2. The van der Waals surface area contributed by atoms with Gasteiger partial charge < -0.3 is 10.2 Å². The first-order chi connectivity index (χ1) is 8.35. The van der Waals surface area contributed by atoms with Crippen LogP contribution in [-0.4, -0.2) is 24.1 Å². The Bertz CT molecular complexity index is 351. The number of hydrogen-bond acceptors (Lipinski definition) is 3. The average Bonchev–Trinajstić information content (AvgIpc) is 2.39. The smallest absolute Gasteiger partial charge is 0.0575 e. The van der Waals surface area contributed by atoms with E-state index >= 15 is 0 Å². The predicted molar refractivity (Wildman–Crippen MR) is 73.7 cm³/mol. The molecule has 1 fully saturated rings. The number of hydrogen-bond donors (Lipinski definition) is 1. The van der Waals surface area contributed by atoms with Gasteiger partial charge in [0.15, 0.2) is 0 Å². The van der Waals surface area contributed by atoms with Crippen molar-refractivity contribution in [3.05, 3.63) is 18.5 Å². The summed E-state index contributed by atoms with van der Waals surface area (Å²) in [7, 11) is 0. The van der Waals surface area contributed by atoms with Crippen LogP contribution < -0.4 is 10.2 Å². The van der Waals surface area contributed by atoms with Crippen LogP contribution in [0.25, 0.3) is 0 Å². The average molecular weight is 233 g/mol. The van der Waals surface area contributed by atoms with Crippen molar-refractivity contribution in [1.29, 1.82) is 0 Å². The molecule has 0 radical (unpaired) electrons. The number of pyridine rings is 1. The van der Waals surface area contributed by atoms with Crippen molar-refractivity contribution in [1.82, 2.24) is 4.98 Å². The Labute approximate surface area is 104 Å². The van der Waals surface area contributed by atoms with E-state index in [2.05, 4.69) is 35.1 Å². The van der Waals surface area contributed by atoms with E-state index in [4.69, 9.17) is 0 Å². The van der Waals surface area contributed by atoms with E-state index in [-0.39, 0.29) is 0 Å². The molecule has 0 amide bonds. The SMILES string of the molecule is CCNc1cncc(N2CCCCC2CC)c1. The molecular formula is C14H23N3. The maximum atomic E-state index is 4.34. The third-order valence-corrected chi connectivity index (χ3v) is 3.53. The van der Waals surface area contributed by atoms with Crippen LogP contribution in [0.2, 0.25) is 0 Å². The van der Waals surface area contributed by atoms with Crippen molar-refractivity contribution >= 4 is 11.4 Å². The minimum Gasteiger partial charge on any atom is -0.384 e. The Morgan fingerprint density at radius 1 is 1.35 bits per heavy atom. The molecule has 94 valence electrons. The summed E-state index contributed by atoms with van der Waals surface area (Å²) >= 11 is 0. The summed E-state index contributed by atoms with van der Waals surface area (Å²) in [6.07, 6.45) is 9.12. The van der Waals surface area contributed by atoms with Gasteiger partial charge in [-0.3, -0.25) is 4.98 Å². The molecule has 1 saturated heterocycles. The number of nitrogens with one attached hydrogen (secondary N) is 1. The van der Waals surface area contributed by atoms with Gasteiger partial charge in [0.25, 0.3) is 0 Å². The summed E-state index contributed by atoms with van der Waals surface area (Å²) in [6, 6.07) is 2.92. The quantitative estimate of drug-likeness (QED) is 0.865. The van der Waals surface area contributed by atoms with Crippen LogP contribution in [0.1, 0.15) is 39.5 Å². The van der Waals surface area contributed by atoms with E-state index in [1.807, 2.05) is 12.4 Å². The third-order valence-electron chi connectivity index (χ3n) is 3.53. The van der Waals surface area contributed by atoms with Crippen LogP contribution in [0.15, 0.2) is 18.5 Å². The molecule has 1 aliphatic rings. The van der Waals surface area contributed by atoms with E-state index in [9.17, 15) is 0 Å². The molecular weight excluding hydrogens is 210 g/mol. The van der Waals surface area contributed by atoms with Gasteiger partial charge in [-0.05, 0) is 38.7 Å². The molecule has 3 nitrogen and oxygen atoms in total. The fourth-order valence-corrected chi connectivity index (χ4v) is 2.65. The minimum atomic E-state index is 0.697. The zero-order valence-electron chi connectivity index (χ0n) is 10.9. The summed E-state index contributed by atoms with van der Waals surface area (Å²) in [6.45, 7) is 6.52. The summed E-state index contributed by atoms with van der Waals surface area (Å²) in [5.41, 5.74) is 2.40. The Balaban J connectivity index is 2.16. The molecule has 1 aromatic heterocycles. The first-order valence-corrected chi connectivity index (χ1v) is 6.80. The highest BCUT2D eigenvalue weighted by atomic mass is 15.2. The monoisotopic (exact) mass is 233 g/mol. The molecule has 0 saturated carbocycles. The van der Waals surface area contributed by atoms with Crippen LogP contribution >= 0.6 is 0 Å². The summed E-state index contributed by atoms with van der Waals surface area (Å²) < 4.78 is 0. The summed E-state index contributed by atoms with van der Waals surface area (Å²) in [4.78, 5) is 6.87. The van der Waals surface area contributed by atoms with E-state index in [1.165, 1.54) is 37.9 Å². The molecule has 0 aliphatic carbocycles. The van der Waals surface area contributed by atoms with Gasteiger partial charge in [0.2, 0.25) is 0 Å². The second-order valence-electron chi connectivity index (χ2n) is 4.71. The second-order valence-corrected chi connectivity index (χ2v) is 4.71. The highest BCUT2D eigenvalue weighted by Gasteiger charge is 2.21. The number of rotatable bonds is 4. The van der Waals surface area contributed by atoms with Crippen molar-refractivity contribution < 1.29 is 0 Å². The Kier molecular flexibility index (Phi) is 4.24. The highest BCUT2D eigenvalue weighted by molar-refractivity contribution is 5.56. The topological polar surface area (TPSA) is 28.2 Å². The fourth-order valence-electron chi connectivity index (χ4n) is 2.65. The van der Waals surface area contributed by atoms with Crippen LogP contribution in [0.3, 0.4) is 0 Å². The third kappa shape index (κ3) is 2.90. The molecule has 1 aliphatic heterocycles. The fraction of sp³-hybridized carbons (Fsp3) is 0.643. The number of nitrogens with zero attached hydrogens (tertiary/aromatic N) is 2. The van der Waals surface area contributed by atoms with Gasteiger partial charge in [0.1, 0.15) is 0 Å². The molecule has 0 aromatic carbocycles. The van der Waals surface area contributed by atoms with Crippen molar-refractivity contribution in [2.45, 2.75) is 45.6 Å². The van der Waals surface area contributed by atoms with Crippen molar-refractivity contribution in [3.63, 3.8) is 0 Å². The number of aromatic nitrogens is 1. The van der Waals surface area contributed by atoms with Crippen molar-refractivity contribution in [3.8, 4) is 0 Å². The van der Waals surface area contributed by atoms with Gasteiger partial charge in [-0.2, -0.15) is 0 Å². The zero-order chi connectivity index (χ0) is 12.1. The van der Waals surface area contributed by atoms with Crippen LogP contribution in [-0.2, 0) is 0 Å². The van der Waals surface area contributed by atoms with E-state index in [1.54, 1.807) is 0 Å². The lowest BCUT2D eigenvalue weighted by Crippen LogP contribution is -2.39. The molecule has 0 spiro atoms. The molecule has 17 heavy (non-hydrogen) atoms.